The van der Waals surface area contributed by atoms with Crippen molar-refractivity contribution in [3.8, 4) is 5.75 Å². The number of rotatable bonds is 5. The monoisotopic (exact) mass is 339 g/mol. The fourth-order valence-electron chi connectivity index (χ4n) is 3.28. The van der Waals surface area contributed by atoms with E-state index < -0.39 is 0 Å². The standard InChI is InChI=1S/C19H23N4O2/c1-13-19(25)17(12-24)22-18(21-13)10-14-6-8-23(9-7-14)16-4-2-15(11-20)3-5-16/h2-5,14,25H,6-11,20H2,1H3. The number of hydrogen-bond donors (Lipinski definition) is 2. The highest BCUT2D eigenvalue weighted by Gasteiger charge is 2.21. The first kappa shape index (κ1) is 17.4. The van der Waals surface area contributed by atoms with Crippen LogP contribution >= 0.6 is 0 Å². The Balaban J connectivity index is 1.61. The summed E-state index contributed by atoms with van der Waals surface area (Å²) in [6.07, 6.45) is 4.49. The minimum atomic E-state index is -0.172. The third kappa shape index (κ3) is 3.96. The highest BCUT2D eigenvalue weighted by Crippen LogP contribution is 2.26. The molecule has 1 saturated heterocycles. The highest BCUT2D eigenvalue weighted by molar-refractivity contribution is 5.76. The number of nitrogens with zero attached hydrogens (tertiary/aromatic N) is 3. The van der Waals surface area contributed by atoms with Crippen LogP contribution in [0.2, 0.25) is 0 Å². The van der Waals surface area contributed by atoms with Gasteiger partial charge in [0, 0.05) is 31.7 Å². The molecule has 0 saturated carbocycles. The number of hydrogen-bond acceptors (Lipinski definition) is 6. The van der Waals surface area contributed by atoms with E-state index in [2.05, 4.69) is 39.1 Å². The van der Waals surface area contributed by atoms with Gasteiger partial charge in [-0.1, -0.05) is 12.1 Å². The fraction of sp³-hybridized carbons (Fsp3) is 0.421. The lowest BCUT2D eigenvalue weighted by atomic mass is 9.92. The van der Waals surface area contributed by atoms with Crippen molar-refractivity contribution in [2.75, 3.05) is 18.0 Å². The van der Waals surface area contributed by atoms with Crippen molar-refractivity contribution in [3.05, 3.63) is 47.0 Å². The Morgan fingerprint density at radius 3 is 2.52 bits per heavy atom. The second-order valence-corrected chi connectivity index (χ2v) is 6.53. The minimum Gasteiger partial charge on any atom is -0.504 e. The van der Waals surface area contributed by atoms with Gasteiger partial charge >= 0.3 is 0 Å². The first-order chi connectivity index (χ1) is 12.1. The Hall–Kier alpha value is -2.47. The average Bonchev–Trinajstić information content (AvgIpc) is 2.65. The van der Waals surface area contributed by atoms with E-state index in [1.165, 1.54) is 5.69 Å². The van der Waals surface area contributed by atoms with Crippen molar-refractivity contribution in [1.82, 2.24) is 9.97 Å². The molecule has 6 heteroatoms. The molecular formula is C19H23N4O2. The lowest BCUT2D eigenvalue weighted by molar-refractivity contribution is 0.394. The van der Waals surface area contributed by atoms with Gasteiger partial charge in [-0.25, -0.2) is 9.97 Å². The molecule has 2 heterocycles. The number of piperidine rings is 1. The van der Waals surface area contributed by atoms with Crippen molar-refractivity contribution in [2.45, 2.75) is 32.7 Å². The average molecular weight is 339 g/mol. The molecule has 0 spiro atoms. The second kappa shape index (κ2) is 7.61. The van der Waals surface area contributed by atoms with Crippen LogP contribution in [0.4, 0.5) is 5.69 Å². The Bertz CT molecular complexity index is 738. The molecule has 0 aliphatic carbocycles. The molecule has 0 bridgehead atoms. The summed E-state index contributed by atoms with van der Waals surface area (Å²) < 4.78 is 0. The Morgan fingerprint density at radius 2 is 1.92 bits per heavy atom. The lowest BCUT2D eigenvalue weighted by Crippen LogP contribution is -2.34. The zero-order valence-corrected chi connectivity index (χ0v) is 14.4. The molecule has 1 aliphatic rings. The number of benzene rings is 1. The normalized spacial score (nSPS) is 15.4. The van der Waals surface area contributed by atoms with Gasteiger partial charge < -0.3 is 15.7 Å². The van der Waals surface area contributed by atoms with Crippen LogP contribution in [0.3, 0.4) is 0 Å². The van der Waals surface area contributed by atoms with Gasteiger partial charge in [-0.2, -0.15) is 0 Å². The largest absolute Gasteiger partial charge is 0.504 e. The van der Waals surface area contributed by atoms with Crippen LogP contribution in [0.5, 0.6) is 5.75 Å². The summed E-state index contributed by atoms with van der Waals surface area (Å²) in [4.78, 5) is 21.7. The van der Waals surface area contributed by atoms with Crippen molar-refractivity contribution >= 4 is 12.0 Å². The first-order valence-electron chi connectivity index (χ1n) is 8.59. The third-order valence-corrected chi connectivity index (χ3v) is 4.82. The predicted octanol–water partition coefficient (Wildman–Crippen LogP) is 1.87. The molecule has 0 unspecified atom stereocenters. The molecule has 1 aliphatic heterocycles. The zero-order valence-electron chi connectivity index (χ0n) is 14.4. The molecule has 1 radical (unpaired) electrons. The van der Waals surface area contributed by atoms with Crippen LogP contribution < -0.4 is 10.6 Å². The molecule has 1 fully saturated rings. The van der Waals surface area contributed by atoms with E-state index in [1.54, 1.807) is 13.2 Å². The number of anilines is 1. The molecule has 0 atom stereocenters. The van der Waals surface area contributed by atoms with Gasteiger partial charge in [-0.05, 0) is 43.4 Å². The number of nitrogens with two attached hydrogens (primary N) is 1. The SMILES string of the molecule is Cc1nc(CC2CCN(c3ccc(CN)cc3)CC2)nc([C]=O)c1O. The van der Waals surface area contributed by atoms with E-state index >= 15 is 0 Å². The van der Waals surface area contributed by atoms with Crippen molar-refractivity contribution in [1.29, 1.82) is 0 Å². The van der Waals surface area contributed by atoms with Crippen LogP contribution in [0.25, 0.3) is 0 Å². The van der Waals surface area contributed by atoms with Gasteiger partial charge in [0.15, 0.2) is 11.4 Å². The number of aromatic hydroxyl groups is 1. The molecule has 2 aromatic rings. The summed E-state index contributed by atoms with van der Waals surface area (Å²) in [5.41, 5.74) is 8.40. The number of aromatic nitrogens is 2. The Morgan fingerprint density at radius 1 is 1.24 bits per heavy atom. The van der Waals surface area contributed by atoms with Crippen molar-refractivity contribution in [3.63, 3.8) is 0 Å². The molecular weight excluding hydrogens is 316 g/mol. The minimum absolute atomic E-state index is 0.0417. The van der Waals surface area contributed by atoms with Crippen LogP contribution in [-0.4, -0.2) is 34.5 Å². The maximum absolute atomic E-state index is 10.9. The Labute approximate surface area is 147 Å². The fourth-order valence-corrected chi connectivity index (χ4v) is 3.28. The molecule has 3 N–H and O–H groups in total. The van der Waals surface area contributed by atoms with E-state index in [9.17, 15) is 9.90 Å². The molecule has 1 aromatic carbocycles. The van der Waals surface area contributed by atoms with Gasteiger partial charge in [0.2, 0.25) is 0 Å². The summed E-state index contributed by atoms with van der Waals surface area (Å²) >= 11 is 0. The summed E-state index contributed by atoms with van der Waals surface area (Å²) in [6.45, 7) is 4.20. The number of carbonyl (C=O) groups excluding carboxylic acids is 1. The summed E-state index contributed by atoms with van der Waals surface area (Å²) in [5, 5.41) is 9.72. The second-order valence-electron chi connectivity index (χ2n) is 6.53. The first-order valence-corrected chi connectivity index (χ1v) is 8.59. The smallest absolute Gasteiger partial charge is 0.257 e. The van der Waals surface area contributed by atoms with E-state index in [-0.39, 0.29) is 11.4 Å². The Kier molecular flexibility index (Phi) is 5.28. The van der Waals surface area contributed by atoms with Crippen molar-refractivity contribution < 1.29 is 9.90 Å². The molecule has 131 valence electrons. The van der Waals surface area contributed by atoms with Crippen LogP contribution in [0.15, 0.2) is 24.3 Å². The lowest BCUT2D eigenvalue weighted by Gasteiger charge is -2.33. The molecule has 25 heavy (non-hydrogen) atoms. The van der Waals surface area contributed by atoms with Gasteiger partial charge in [-0.15, -0.1) is 0 Å². The van der Waals surface area contributed by atoms with Crippen molar-refractivity contribution in [2.24, 2.45) is 11.7 Å². The molecule has 0 amide bonds. The van der Waals surface area contributed by atoms with Gasteiger partial charge in [0.1, 0.15) is 5.82 Å². The third-order valence-electron chi connectivity index (χ3n) is 4.82. The van der Waals surface area contributed by atoms with Gasteiger partial charge in [0.25, 0.3) is 6.29 Å². The molecule has 6 nitrogen and oxygen atoms in total. The highest BCUT2D eigenvalue weighted by atomic mass is 16.3. The van der Waals surface area contributed by atoms with E-state index in [0.29, 0.717) is 24.0 Å². The van der Waals surface area contributed by atoms with E-state index in [4.69, 9.17) is 5.73 Å². The summed E-state index contributed by atoms with van der Waals surface area (Å²) in [5.74, 6) is 0.914. The summed E-state index contributed by atoms with van der Waals surface area (Å²) in [6, 6.07) is 8.40. The van der Waals surface area contributed by atoms with E-state index in [1.807, 2.05) is 0 Å². The summed E-state index contributed by atoms with van der Waals surface area (Å²) in [7, 11) is 0. The maximum Gasteiger partial charge on any atom is 0.257 e. The zero-order chi connectivity index (χ0) is 17.8. The van der Waals surface area contributed by atoms with Gasteiger partial charge in [0.05, 0.1) is 5.69 Å². The topological polar surface area (TPSA) is 92.3 Å². The van der Waals surface area contributed by atoms with Crippen LogP contribution in [0.1, 0.15) is 35.6 Å². The predicted molar refractivity (Wildman–Crippen MR) is 96.2 cm³/mol. The van der Waals surface area contributed by atoms with Gasteiger partial charge in [-0.3, -0.25) is 4.79 Å². The van der Waals surface area contributed by atoms with E-state index in [0.717, 1.165) is 37.9 Å². The quantitative estimate of drug-likeness (QED) is 0.864. The van der Waals surface area contributed by atoms with Crippen LogP contribution in [0, 0.1) is 12.8 Å². The molecule has 1 aromatic heterocycles. The van der Waals surface area contributed by atoms with Crippen LogP contribution in [-0.2, 0) is 17.8 Å². The number of aryl methyl sites for hydroxylation is 1. The molecule has 3 rings (SSSR count). The maximum atomic E-state index is 10.9.